The maximum atomic E-state index is 12.7. The van der Waals surface area contributed by atoms with Crippen molar-refractivity contribution in [2.75, 3.05) is 11.9 Å². The van der Waals surface area contributed by atoms with E-state index in [1.807, 2.05) is 18.2 Å². The van der Waals surface area contributed by atoms with Crippen LogP contribution in [0.3, 0.4) is 0 Å². The van der Waals surface area contributed by atoms with Crippen molar-refractivity contribution in [1.29, 1.82) is 0 Å². The highest BCUT2D eigenvalue weighted by Crippen LogP contribution is 2.29. The number of aromatic nitrogens is 2. The Morgan fingerprint density at radius 2 is 1.93 bits per heavy atom. The highest BCUT2D eigenvalue weighted by molar-refractivity contribution is 6.67. The van der Waals surface area contributed by atoms with Gasteiger partial charge < -0.3 is 30.2 Å². The zero-order valence-corrected chi connectivity index (χ0v) is 23.2. The number of nitrogens with one attached hydrogen (secondary N) is 2. The monoisotopic (exact) mass is 560 g/mol. The van der Waals surface area contributed by atoms with E-state index in [-0.39, 0.29) is 12.2 Å². The summed E-state index contributed by atoms with van der Waals surface area (Å²) in [5.74, 6) is 0.378. The van der Waals surface area contributed by atoms with Crippen molar-refractivity contribution in [3.8, 4) is 5.75 Å². The molecule has 12 nitrogen and oxygen atoms in total. The van der Waals surface area contributed by atoms with Gasteiger partial charge in [-0.2, -0.15) is 5.10 Å². The summed E-state index contributed by atoms with van der Waals surface area (Å²) in [7, 11) is -1.36. The van der Waals surface area contributed by atoms with Crippen LogP contribution in [0.4, 0.5) is 16.4 Å². The summed E-state index contributed by atoms with van der Waals surface area (Å²) in [4.78, 5) is 34.6. The molecule has 1 fully saturated rings. The molecule has 4 N–H and O–H groups in total. The number of rotatable bonds is 6. The third kappa shape index (κ3) is 6.92. The third-order valence-electron chi connectivity index (χ3n) is 6.72. The number of ether oxygens (including phenoxy) is 2. The van der Waals surface area contributed by atoms with Crippen molar-refractivity contribution in [3.05, 3.63) is 48.2 Å². The maximum Gasteiger partial charge on any atom is 0.474 e. The fourth-order valence-electron chi connectivity index (χ4n) is 4.71. The van der Waals surface area contributed by atoms with E-state index >= 15 is 0 Å². The Hall–Kier alpha value is -4.23. The molecule has 214 valence electrons. The van der Waals surface area contributed by atoms with Crippen LogP contribution in [0.5, 0.6) is 5.75 Å². The van der Waals surface area contributed by atoms with Gasteiger partial charge in [-0.1, -0.05) is 18.2 Å². The van der Waals surface area contributed by atoms with Crippen LogP contribution >= 0.6 is 0 Å². The van der Waals surface area contributed by atoms with Gasteiger partial charge in [-0.15, -0.1) is 0 Å². The van der Waals surface area contributed by atoms with Gasteiger partial charge in [-0.25, -0.2) is 19.7 Å². The fraction of sp³-hybridized carbons (Fsp3) is 0.393. The number of aliphatic hydroxyl groups excluding tert-OH is 1. The Balaban J connectivity index is 1.29. The lowest BCUT2D eigenvalue weighted by Crippen LogP contribution is -2.54. The topological polar surface area (TPSA) is 158 Å². The minimum Gasteiger partial charge on any atom is -0.488 e. The molecule has 2 aliphatic rings. The first kappa shape index (κ1) is 28.3. The fourth-order valence-corrected chi connectivity index (χ4v) is 4.71. The standard InChI is InChI=1S/C28H33BN6O6/c1-28(2,3)41-27(38)31-16-24(37)35-29(39)22-13-19(8-7-17(22)15-32-35)33-26-30-14-18-5-4-6-23(25(18)34-26)40-21-11-9-20(36)10-12-21/h4-8,13-15,20-21,36,39H,9-12,16H2,1-3H3,(H,31,38)(H,30,33,34). The van der Waals surface area contributed by atoms with Crippen molar-refractivity contribution in [1.82, 2.24) is 20.2 Å². The molecule has 1 aromatic heterocycles. The molecule has 2 aromatic carbocycles. The molecule has 0 bridgehead atoms. The molecule has 41 heavy (non-hydrogen) atoms. The molecule has 0 atom stereocenters. The number of hydrazone groups is 1. The van der Waals surface area contributed by atoms with Crippen molar-refractivity contribution in [3.63, 3.8) is 0 Å². The molecule has 0 spiro atoms. The summed E-state index contributed by atoms with van der Waals surface area (Å²) >= 11 is 0. The summed E-state index contributed by atoms with van der Waals surface area (Å²) in [6.07, 6.45) is 5.19. The van der Waals surface area contributed by atoms with E-state index in [2.05, 4.69) is 25.7 Å². The number of amides is 2. The molecule has 0 saturated heterocycles. The molecule has 5 rings (SSSR count). The second-order valence-electron chi connectivity index (χ2n) is 11.1. The predicted molar refractivity (Wildman–Crippen MR) is 154 cm³/mol. The molecule has 3 aromatic rings. The summed E-state index contributed by atoms with van der Waals surface area (Å²) in [5, 5.41) is 31.2. The summed E-state index contributed by atoms with van der Waals surface area (Å²) in [6, 6.07) is 10.9. The number of carbonyl (C=O) groups excluding carboxylic acids is 2. The lowest BCUT2D eigenvalue weighted by molar-refractivity contribution is -0.126. The van der Waals surface area contributed by atoms with Crippen molar-refractivity contribution in [2.45, 2.75) is 64.3 Å². The van der Waals surface area contributed by atoms with Crippen LogP contribution in [-0.2, 0) is 9.53 Å². The highest BCUT2D eigenvalue weighted by atomic mass is 16.6. The zero-order chi connectivity index (χ0) is 29.1. The number of aliphatic hydroxyl groups is 1. The van der Waals surface area contributed by atoms with Gasteiger partial charge in [0.05, 0.1) is 18.4 Å². The second kappa shape index (κ2) is 11.7. The Morgan fingerprint density at radius 3 is 2.68 bits per heavy atom. The third-order valence-corrected chi connectivity index (χ3v) is 6.72. The zero-order valence-electron chi connectivity index (χ0n) is 23.2. The lowest BCUT2D eigenvalue weighted by atomic mass is 9.69. The van der Waals surface area contributed by atoms with Gasteiger partial charge >= 0.3 is 13.1 Å². The summed E-state index contributed by atoms with van der Waals surface area (Å²) in [5.41, 5.74) is 1.63. The largest absolute Gasteiger partial charge is 0.488 e. The summed E-state index contributed by atoms with van der Waals surface area (Å²) in [6.45, 7) is 4.76. The van der Waals surface area contributed by atoms with Crippen LogP contribution in [0, 0.1) is 0 Å². The van der Waals surface area contributed by atoms with E-state index in [0.29, 0.717) is 33.9 Å². The molecule has 2 heterocycles. The van der Waals surface area contributed by atoms with Gasteiger partial charge in [0.1, 0.15) is 23.4 Å². The number of carbonyl (C=O) groups is 2. The Morgan fingerprint density at radius 1 is 1.15 bits per heavy atom. The average Bonchev–Trinajstić information content (AvgIpc) is 2.93. The number of benzene rings is 2. The van der Waals surface area contributed by atoms with Crippen LogP contribution in [0.1, 0.15) is 52.0 Å². The van der Waals surface area contributed by atoms with Crippen LogP contribution in [0.15, 0.2) is 47.7 Å². The molecule has 2 amide bonds. The van der Waals surface area contributed by atoms with Gasteiger partial charge in [0.25, 0.3) is 5.91 Å². The predicted octanol–water partition coefficient (Wildman–Crippen LogP) is 2.44. The minimum atomic E-state index is -1.36. The number of anilines is 2. The van der Waals surface area contributed by atoms with Gasteiger partial charge in [-0.05, 0) is 75.7 Å². The van der Waals surface area contributed by atoms with Crippen molar-refractivity contribution < 1.29 is 29.2 Å². The first-order valence-electron chi connectivity index (χ1n) is 13.6. The first-order chi connectivity index (χ1) is 19.6. The highest BCUT2D eigenvalue weighted by Gasteiger charge is 2.34. The van der Waals surface area contributed by atoms with E-state index in [9.17, 15) is 19.7 Å². The van der Waals surface area contributed by atoms with Crippen molar-refractivity contribution in [2.24, 2.45) is 5.10 Å². The smallest absolute Gasteiger partial charge is 0.474 e. The van der Waals surface area contributed by atoms with Gasteiger partial charge in [-0.3, -0.25) is 4.79 Å². The molecular formula is C28H33BN6O6. The van der Waals surface area contributed by atoms with Crippen LogP contribution in [0.25, 0.3) is 10.9 Å². The van der Waals surface area contributed by atoms with E-state index < -0.39 is 31.2 Å². The average molecular weight is 560 g/mol. The van der Waals surface area contributed by atoms with Crippen LogP contribution < -0.4 is 20.8 Å². The molecule has 1 saturated carbocycles. The Kier molecular flexibility index (Phi) is 8.09. The van der Waals surface area contributed by atoms with E-state index in [0.717, 1.165) is 36.0 Å². The quantitative estimate of drug-likeness (QED) is 0.332. The molecule has 1 aliphatic carbocycles. The molecule has 0 radical (unpaired) electrons. The van der Waals surface area contributed by atoms with E-state index in [4.69, 9.17) is 9.47 Å². The number of alkyl carbamates (subject to hydrolysis) is 1. The minimum absolute atomic E-state index is 0.0177. The number of hydrogen-bond acceptors (Lipinski definition) is 10. The van der Waals surface area contributed by atoms with Gasteiger partial charge in [0.2, 0.25) is 5.95 Å². The lowest BCUT2D eigenvalue weighted by Gasteiger charge is -2.26. The maximum absolute atomic E-state index is 12.7. The number of nitrogens with zero attached hydrogens (tertiary/aromatic N) is 4. The first-order valence-corrected chi connectivity index (χ1v) is 13.6. The molecule has 0 unspecified atom stereocenters. The van der Waals surface area contributed by atoms with Gasteiger partial charge in [0.15, 0.2) is 0 Å². The molecular weight excluding hydrogens is 527 g/mol. The second-order valence-corrected chi connectivity index (χ2v) is 11.1. The Labute approximate surface area is 237 Å². The normalized spacial score (nSPS) is 18.6. The van der Waals surface area contributed by atoms with Crippen LogP contribution in [0.2, 0.25) is 0 Å². The molecule has 1 aliphatic heterocycles. The Bertz CT molecular complexity index is 1470. The summed E-state index contributed by atoms with van der Waals surface area (Å²) < 4.78 is 11.4. The van der Waals surface area contributed by atoms with Gasteiger partial charge in [0, 0.05) is 17.3 Å². The number of hydrogen-bond donors (Lipinski definition) is 4. The number of fused-ring (bicyclic) bond motifs is 2. The van der Waals surface area contributed by atoms with Crippen molar-refractivity contribution >= 4 is 53.3 Å². The van der Waals surface area contributed by atoms with E-state index in [1.54, 1.807) is 45.2 Å². The SMILES string of the molecule is CC(C)(C)OC(=O)NCC(=O)N1N=Cc2ccc(Nc3ncc4cccc(OC5CCC(O)CC5)c4n3)cc2B1O. The van der Waals surface area contributed by atoms with E-state index in [1.165, 1.54) is 6.21 Å². The number of para-hydroxylation sites is 1. The van der Waals surface area contributed by atoms with Crippen LogP contribution in [-0.4, -0.2) is 74.6 Å². The molecule has 13 heteroatoms.